The van der Waals surface area contributed by atoms with Gasteiger partial charge in [-0.2, -0.15) is 0 Å². The Kier molecular flexibility index (Phi) is 6.88. The second kappa shape index (κ2) is 10.4. The van der Waals surface area contributed by atoms with E-state index in [0.29, 0.717) is 43.9 Å². The third-order valence-electron chi connectivity index (χ3n) is 7.15. The van der Waals surface area contributed by atoms with Crippen molar-refractivity contribution >= 4 is 41.1 Å². The van der Waals surface area contributed by atoms with Crippen LogP contribution in [-0.4, -0.2) is 54.7 Å². The molecule has 0 unspecified atom stereocenters. The van der Waals surface area contributed by atoms with E-state index < -0.39 is 11.8 Å². The number of aryl methyl sites for hydroxylation is 2. The predicted molar refractivity (Wildman–Crippen MR) is 134 cm³/mol. The predicted octanol–water partition coefficient (Wildman–Crippen LogP) is 2.51. The first-order valence-corrected chi connectivity index (χ1v) is 12.5. The minimum atomic E-state index is -0.697. The zero-order valence-electron chi connectivity index (χ0n) is 20.1. The molecule has 1 aromatic heterocycles. The average Bonchev–Trinajstić information content (AvgIpc) is 3.42. The van der Waals surface area contributed by atoms with Crippen molar-refractivity contribution < 1.29 is 23.6 Å². The number of carbonyl (C=O) groups excluding carboxylic acids is 4. The van der Waals surface area contributed by atoms with E-state index in [0.717, 1.165) is 49.0 Å². The number of carbonyl (C=O) groups is 4. The summed E-state index contributed by atoms with van der Waals surface area (Å²) in [6.45, 7) is 2.33. The maximum atomic E-state index is 12.5. The Morgan fingerprint density at radius 2 is 1.81 bits per heavy atom. The molecule has 0 spiro atoms. The van der Waals surface area contributed by atoms with Crippen molar-refractivity contribution in [2.75, 3.05) is 36.4 Å². The number of hydrogen-bond donors (Lipinski definition) is 2. The van der Waals surface area contributed by atoms with Gasteiger partial charge in [0, 0.05) is 44.4 Å². The first-order chi connectivity index (χ1) is 17.5. The maximum absolute atomic E-state index is 12.5. The highest BCUT2D eigenvalue weighted by atomic mass is 16.3. The quantitative estimate of drug-likeness (QED) is 0.494. The molecular formula is C27H30N4O5. The van der Waals surface area contributed by atoms with Gasteiger partial charge >= 0.3 is 11.8 Å². The summed E-state index contributed by atoms with van der Waals surface area (Å²) in [4.78, 5) is 53.2. The van der Waals surface area contributed by atoms with Gasteiger partial charge in [-0.05, 0) is 79.5 Å². The van der Waals surface area contributed by atoms with Crippen molar-refractivity contribution in [3.63, 3.8) is 0 Å². The van der Waals surface area contributed by atoms with Gasteiger partial charge in [-0.25, -0.2) is 0 Å². The van der Waals surface area contributed by atoms with Gasteiger partial charge < -0.3 is 24.9 Å². The number of hydrogen-bond acceptors (Lipinski definition) is 5. The van der Waals surface area contributed by atoms with Crippen molar-refractivity contribution in [1.82, 2.24) is 10.2 Å². The summed E-state index contributed by atoms with van der Waals surface area (Å²) in [6.07, 6.45) is 9.09. The molecule has 0 radical (unpaired) electrons. The summed E-state index contributed by atoms with van der Waals surface area (Å²) in [6, 6.07) is 7.31. The number of furan rings is 1. The van der Waals surface area contributed by atoms with Gasteiger partial charge in [-0.15, -0.1) is 0 Å². The largest absolute Gasteiger partial charge is 0.465 e. The Balaban J connectivity index is 1.09. The molecule has 4 amide bonds. The van der Waals surface area contributed by atoms with E-state index in [9.17, 15) is 19.2 Å². The van der Waals surface area contributed by atoms with Gasteiger partial charge in [0.15, 0.2) is 0 Å². The fraction of sp³-hybridized carbons (Fsp3) is 0.407. The van der Waals surface area contributed by atoms with Crippen LogP contribution in [-0.2, 0) is 32.0 Å². The van der Waals surface area contributed by atoms with E-state index in [2.05, 4.69) is 10.6 Å². The van der Waals surface area contributed by atoms with Gasteiger partial charge in [-0.3, -0.25) is 19.2 Å². The number of likely N-dealkylation sites (tertiary alicyclic amines) is 1. The van der Waals surface area contributed by atoms with Gasteiger partial charge in [0.05, 0.1) is 12.0 Å². The smallest absolute Gasteiger partial charge is 0.313 e. The van der Waals surface area contributed by atoms with Crippen LogP contribution in [0.2, 0.25) is 0 Å². The maximum Gasteiger partial charge on any atom is 0.313 e. The average molecular weight is 491 g/mol. The normalized spacial score (nSPS) is 17.7. The van der Waals surface area contributed by atoms with Crippen LogP contribution >= 0.6 is 0 Å². The molecule has 5 rings (SSSR count). The van der Waals surface area contributed by atoms with Crippen LogP contribution in [0.1, 0.15) is 42.6 Å². The molecule has 9 nitrogen and oxygen atoms in total. The summed E-state index contributed by atoms with van der Waals surface area (Å²) in [7, 11) is 0. The fourth-order valence-corrected chi connectivity index (χ4v) is 5.23. The van der Waals surface area contributed by atoms with Crippen molar-refractivity contribution in [3.05, 3.63) is 53.5 Å². The van der Waals surface area contributed by atoms with Crippen molar-refractivity contribution in [3.8, 4) is 0 Å². The number of nitrogens with zero attached hydrogens (tertiary/aromatic N) is 2. The summed E-state index contributed by atoms with van der Waals surface area (Å²) < 4.78 is 5.20. The third-order valence-corrected chi connectivity index (χ3v) is 7.15. The first kappa shape index (κ1) is 23.8. The first-order valence-electron chi connectivity index (χ1n) is 12.5. The van der Waals surface area contributed by atoms with Crippen LogP contribution in [0.5, 0.6) is 0 Å². The van der Waals surface area contributed by atoms with E-state index in [1.54, 1.807) is 29.4 Å². The molecule has 1 aromatic carbocycles. The SMILES string of the molecule is O=C(NCC1CCN(C(=O)/C=C/c2ccco2)CC1)C(=O)Nc1cc2c3c(c1)CCC(=O)N3CCC2. The Bertz CT molecular complexity index is 1180. The van der Waals surface area contributed by atoms with E-state index in [-0.39, 0.29) is 17.7 Å². The number of anilines is 2. The molecule has 0 atom stereocenters. The van der Waals surface area contributed by atoms with Crippen molar-refractivity contribution in [1.29, 1.82) is 0 Å². The number of nitrogens with one attached hydrogen (secondary N) is 2. The number of benzene rings is 1. The molecule has 0 aliphatic carbocycles. The number of amides is 4. The topological polar surface area (TPSA) is 112 Å². The lowest BCUT2D eigenvalue weighted by Gasteiger charge is -2.35. The molecule has 36 heavy (non-hydrogen) atoms. The molecule has 0 bridgehead atoms. The lowest BCUT2D eigenvalue weighted by molar-refractivity contribution is -0.136. The zero-order valence-corrected chi connectivity index (χ0v) is 20.1. The molecule has 3 aliphatic rings. The molecule has 9 heteroatoms. The Morgan fingerprint density at radius 3 is 2.56 bits per heavy atom. The summed E-state index contributed by atoms with van der Waals surface area (Å²) in [5.74, 6) is -0.442. The molecule has 1 fully saturated rings. The van der Waals surface area contributed by atoms with Crippen LogP contribution in [0.4, 0.5) is 11.4 Å². The van der Waals surface area contributed by atoms with E-state index in [4.69, 9.17) is 4.42 Å². The number of piperidine rings is 1. The van der Waals surface area contributed by atoms with Gasteiger partial charge in [-0.1, -0.05) is 0 Å². The van der Waals surface area contributed by atoms with Crippen LogP contribution in [0.25, 0.3) is 6.08 Å². The molecule has 188 valence electrons. The van der Waals surface area contributed by atoms with Gasteiger partial charge in [0.1, 0.15) is 5.76 Å². The standard InChI is InChI=1S/C27H30N4O5/c32-23(8-6-22-4-2-14-36-22)30-12-9-18(10-13-30)17-28-26(34)27(35)29-21-15-19-3-1-11-31-24(33)7-5-20(16-21)25(19)31/h2,4,6,8,14-16,18H,1,3,5,7,9-13,17H2,(H,28,34)(H,29,35)/b8-6+. The zero-order chi connectivity index (χ0) is 25.1. The monoisotopic (exact) mass is 490 g/mol. The minimum absolute atomic E-state index is 0.0650. The molecule has 0 saturated carbocycles. The second-order valence-corrected chi connectivity index (χ2v) is 9.57. The summed E-state index contributed by atoms with van der Waals surface area (Å²) in [5.41, 5.74) is 3.67. The Labute approximate surface area is 209 Å². The van der Waals surface area contributed by atoms with Gasteiger partial charge in [0.2, 0.25) is 11.8 Å². The lowest BCUT2D eigenvalue weighted by atomic mass is 9.91. The molecule has 1 saturated heterocycles. The van der Waals surface area contributed by atoms with E-state index in [1.165, 1.54) is 6.08 Å². The van der Waals surface area contributed by atoms with Crippen LogP contribution < -0.4 is 15.5 Å². The number of rotatable bonds is 5. The third kappa shape index (κ3) is 5.19. The fourth-order valence-electron chi connectivity index (χ4n) is 5.23. The molecule has 4 heterocycles. The minimum Gasteiger partial charge on any atom is -0.465 e. The van der Waals surface area contributed by atoms with E-state index >= 15 is 0 Å². The Morgan fingerprint density at radius 1 is 1.03 bits per heavy atom. The van der Waals surface area contributed by atoms with Gasteiger partial charge in [0.25, 0.3) is 0 Å². The van der Waals surface area contributed by atoms with E-state index in [1.807, 2.05) is 17.0 Å². The highest BCUT2D eigenvalue weighted by molar-refractivity contribution is 6.39. The summed E-state index contributed by atoms with van der Waals surface area (Å²) >= 11 is 0. The van der Waals surface area contributed by atoms with Crippen LogP contribution in [0.15, 0.2) is 41.0 Å². The molecular weight excluding hydrogens is 460 g/mol. The summed E-state index contributed by atoms with van der Waals surface area (Å²) in [5, 5.41) is 5.47. The molecule has 3 aliphatic heterocycles. The molecule has 2 aromatic rings. The Hall–Kier alpha value is -3.88. The highest BCUT2D eigenvalue weighted by Crippen LogP contribution is 2.37. The second-order valence-electron chi connectivity index (χ2n) is 9.57. The molecule has 2 N–H and O–H groups in total. The van der Waals surface area contributed by atoms with Crippen molar-refractivity contribution in [2.45, 2.75) is 38.5 Å². The van der Waals surface area contributed by atoms with Crippen LogP contribution in [0, 0.1) is 5.92 Å². The lowest BCUT2D eigenvalue weighted by Crippen LogP contribution is -2.43. The van der Waals surface area contributed by atoms with Crippen molar-refractivity contribution in [2.24, 2.45) is 5.92 Å². The highest BCUT2D eigenvalue weighted by Gasteiger charge is 2.30. The van der Waals surface area contributed by atoms with Crippen LogP contribution in [0.3, 0.4) is 0 Å².